The highest BCUT2D eigenvalue weighted by Gasteiger charge is 2.17. The van der Waals surface area contributed by atoms with Crippen molar-refractivity contribution in [3.05, 3.63) is 83.3 Å². The van der Waals surface area contributed by atoms with Crippen LogP contribution in [0.2, 0.25) is 0 Å². The molecule has 2 aromatic carbocycles. The highest BCUT2D eigenvalue weighted by atomic mass is 32.2. The Hall–Kier alpha value is -3.85. The number of thioether (sulfide) groups is 1. The number of carbonyl (C=O) groups excluding carboxylic acids is 1. The zero-order chi connectivity index (χ0) is 22.8. The molecule has 0 unspecified atom stereocenters. The second-order valence-corrected chi connectivity index (χ2v) is 8.53. The highest BCUT2D eigenvalue weighted by molar-refractivity contribution is 7.99. The minimum atomic E-state index is -0.142. The van der Waals surface area contributed by atoms with Gasteiger partial charge in [-0.05, 0) is 30.2 Å². The van der Waals surface area contributed by atoms with Crippen LogP contribution in [0.5, 0.6) is 0 Å². The molecule has 2 N–H and O–H groups in total. The summed E-state index contributed by atoms with van der Waals surface area (Å²) < 4.78 is 3.36. The maximum absolute atomic E-state index is 12.9. The smallest absolute Gasteiger partial charge is 0.263 e. The highest BCUT2D eigenvalue weighted by Crippen LogP contribution is 2.22. The molecule has 0 spiro atoms. The number of fused-ring (bicyclic) bond motifs is 4. The number of H-pyrrole nitrogens is 1. The number of hydrogen-bond donors (Lipinski definition) is 2. The van der Waals surface area contributed by atoms with Crippen LogP contribution < -0.4 is 10.9 Å². The standard InChI is InChI=1S/C24H22N6O2S/c1-2-13-29-22(32)18-8-4-6-10-20(18)30-23(29)27-28-24(30)33-15-21(31)25-12-11-16-14-26-19-9-5-3-7-17(16)19/h2-10,14,26H,1,11-13,15H2,(H,25,31). The van der Waals surface area contributed by atoms with E-state index in [1.807, 2.05) is 47.0 Å². The van der Waals surface area contributed by atoms with Crippen LogP contribution in [0, 0.1) is 0 Å². The van der Waals surface area contributed by atoms with Gasteiger partial charge in [0.15, 0.2) is 5.16 Å². The molecule has 3 heterocycles. The monoisotopic (exact) mass is 458 g/mol. The van der Waals surface area contributed by atoms with Crippen molar-refractivity contribution < 1.29 is 4.79 Å². The van der Waals surface area contributed by atoms with Gasteiger partial charge in [-0.15, -0.1) is 16.8 Å². The molecule has 0 aliphatic carbocycles. The summed E-state index contributed by atoms with van der Waals surface area (Å²) in [7, 11) is 0. The third kappa shape index (κ3) is 3.91. The Balaban J connectivity index is 1.31. The largest absolute Gasteiger partial charge is 0.361 e. The van der Waals surface area contributed by atoms with Crippen molar-refractivity contribution in [2.75, 3.05) is 12.3 Å². The fourth-order valence-corrected chi connectivity index (χ4v) is 4.75. The predicted octanol–water partition coefficient (Wildman–Crippen LogP) is 3.16. The number of aromatic nitrogens is 5. The molecule has 5 aromatic rings. The molecular weight excluding hydrogens is 436 g/mol. The Morgan fingerprint density at radius 1 is 1.12 bits per heavy atom. The Labute approximate surface area is 193 Å². The molecule has 0 aliphatic heterocycles. The van der Waals surface area contributed by atoms with Crippen LogP contribution in [-0.4, -0.2) is 42.4 Å². The molecule has 0 aliphatic rings. The van der Waals surface area contributed by atoms with E-state index in [1.54, 1.807) is 12.1 Å². The van der Waals surface area contributed by atoms with E-state index < -0.39 is 0 Å². The maximum Gasteiger partial charge on any atom is 0.263 e. The van der Waals surface area contributed by atoms with Crippen LogP contribution in [0.3, 0.4) is 0 Å². The van der Waals surface area contributed by atoms with E-state index in [0.717, 1.165) is 11.9 Å². The average molecular weight is 459 g/mol. The number of carbonyl (C=O) groups is 1. The van der Waals surface area contributed by atoms with Gasteiger partial charge in [-0.2, -0.15) is 0 Å². The van der Waals surface area contributed by atoms with Gasteiger partial charge >= 0.3 is 0 Å². The number of para-hydroxylation sites is 2. The number of nitrogens with one attached hydrogen (secondary N) is 2. The van der Waals surface area contributed by atoms with Gasteiger partial charge < -0.3 is 10.3 Å². The van der Waals surface area contributed by atoms with E-state index in [2.05, 4.69) is 33.1 Å². The van der Waals surface area contributed by atoms with Gasteiger partial charge in [-0.3, -0.25) is 18.6 Å². The third-order valence-electron chi connectivity index (χ3n) is 5.51. The number of nitrogens with zero attached hydrogens (tertiary/aromatic N) is 4. The van der Waals surface area contributed by atoms with Crippen molar-refractivity contribution in [2.45, 2.75) is 18.1 Å². The zero-order valence-electron chi connectivity index (χ0n) is 17.8. The number of aromatic amines is 1. The van der Waals surface area contributed by atoms with E-state index in [9.17, 15) is 9.59 Å². The quantitative estimate of drug-likeness (QED) is 0.275. The first-order valence-corrected chi connectivity index (χ1v) is 11.6. The zero-order valence-corrected chi connectivity index (χ0v) is 18.6. The SMILES string of the molecule is C=CCn1c(=O)c2ccccc2n2c(SCC(=O)NCCc3c[nH]c4ccccc34)nnc12. The molecule has 0 saturated heterocycles. The van der Waals surface area contributed by atoms with Crippen molar-refractivity contribution in [1.82, 2.24) is 29.5 Å². The summed E-state index contributed by atoms with van der Waals surface area (Å²) in [5, 5.41) is 13.8. The number of allylic oxidation sites excluding steroid dienone is 1. The number of benzene rings is 2. The summed E-state index contributed by atoms with van der Waals surface area (Å²) in [5.41, 5.74) is 2.84. The maximum atomic E-state index is 12.9. The summed E-state index contributed by atoms with van der Waals surface area (Å²) in [6, 6.07) is 15.4. The lowest BCUT2D eigenvalue weighted by Gasteiger charge is -2.09. The lowest BCUT2D eigenvalue weighted by Crippen LogP contribution is -2.27. The lowest BCUT2D eigenvalue weighted by molar-refractivity contribution is -0.118. The van der Waals surface area contributed by atoms with Gasteiger partial charge in [0.05, 0.1) is 16.7 Å². The lowest BCUT2D eigenvalue weighted by atomic mass is 10.1. The second-order valence-electron chi connectivity index (χ2n) is 7.59. The van der Waals surface area contributed by atoms with Gasteiger partial charge in [-0.25, -0.2) is 0 Å². The van der Waals surface area contributed by atoms with Crippen molar-refractivity contribution in [2.24, 2.45) is 0 Å². The van der Waals surface area contributed by atoms with Gasteiger partial charge in [0.2, 0.25) is 11.7 Å². The van der Waals surface area contributed by atoms with Crippen LogP contribution in [0.15, 0.2) is 77.3 Å². The Bertz CT molecular complexity index is 1550. The van der Waals surface area contributed by atoms with E-state index in [-0.39, 0.29) is 17.2 Å². The number of hydrogen-bond acceptors (Lipinski definition) is 5. The molecule has 0 atom stereocenters. The van der Waals surface area contributed by atoms with Crippen LogP contribution in [0.4, 0.5) is 0 Å². The van der Waals surface area contributed by atoms with Crippen molar-refractivity contribution in [3.63, 3.8) is 0 Å². The van der Waals surface area contributed by atoms with Gasteiger partial charge in [0.1, 0.15) is 0 Å². The number of amides is 1. The van der Waals surface area contributed by atoms with E-state index in [1.165, 1.54) is 27.3 Å². The topological polar surface area (TPSA) is 97.1 Å². The average Bonchev–Trinajstić information content (AvgIpc) is 3.45. The van der Waals surface area contributed by atoms with Crippen LogP contribution in [0.1, 0.15) is 5.56 Å². The summed E-state index contributed by atoms with van der Waals surface area (Å²) in [6.45, 7) is 4.61. The van der Waals surface area contributed by atoms with Crippen LogP contribution >= 0.6 is 11.8 Å². The predicted molar refractivity (Wildman–Crippen MR) is 131 cm³/mol. The van der Waals surface area contributed by atoms with Gasteiger partial charge in [0, 0.05) is 30.2 Å². The molecule has 0 fully saturated rings. The first-order chi connectivity index (χ1) is 16.2. The molecule has 8 nitrogen and oxygen atoms in total. The first kappa shape index (κ1) is 21.0. The van der Waals surface area contributed by atoms with Crippen LogP contribution in [0.25, 0.3) is 27.6 Å². The van der Waals surface area contributed by atoms with E-state index >= 15 is 0 Å². The summed E-state index contributed by atoms with van der Waals surface area (Å²) >= 11 is 1.29. The molecule has 166 valence electrons. The minimum absolute atomic E-state index is 0.0830. The minimum Gasteiger partial charge on any atom is -0.361 e. The molecular formula is C24H22N6O2S. The molecule has 9 heteroatoms. The second kappa shape index (κ2) is 8.95. The van der Waals surface area contributed by atoms with Gasteiger partial charge in [0.25, 0.3) is 5.56 Å². The Morgan fingerprint density at radius 3 is 2.76 bits per heavy atom. The summed E-state index contributed by atoms with van der Waals surface area (Å²) in [4.78, 5) is 28.6. The molecule has 33 heavy (non-hydrogen) atoms. The first-order valence-electron chi connectivity index (χ1n) is 10.6. The third-order valence-corrected chi connectivity index (χ3v) is 6.44. The van der Waals surface area contributed by atoms with E-state index in [4.69, 9.17) is 0 Å². The fourth-order valence-electron chi connectivity index (χ4n) is 3.98. The molecule has 0 bridgehead atoms. The number of rotatable bonds is 8. The Kier molecular flexibility index (Phi) is 5.70. The normalized spacial score (nSPS) is 11.4. The van der Waals surface area contributed by atoms with Crippen molar-refractivity contribution in [3.8, 4) is 0 Å². The molecule has 5 rings (SSSR count). The van der Waals surface area contributed by atoms with E-state index in [0.29, 0.717) is 34.9 Å². The van der Waals surface area contributed by atoms with Crippen LogP contribution in [-0.2, 0) is 17.8 Å². The molecule has 0 radical (unpaired) electrons. The Morgan fingerprint density at radius 2 is 1.91 bits per heavy atom. The van der Waals surface area contributed by atoms with Crippen molar-refractivity contribution >= 4 is 45.3 Å². The van der Waals surface area contributed by atoms with Gasteiger partial charge in [-0.1, -0.05) is 48.2 Å². The summed E-state index contributed by atoms with van der Waals surface area (Å²) in [5.74, 6) is 0.546. The molecule has 3 aromatic heterocycles. The molecule has 0 saturated carbocycles. The summed E-state index contributed by atoms with van der Waals surface area (Å²) in [6.07, 6.45) is 4.38. The fraction of sp³-hybridized carbons (Fsp3) is 0.167. The molecule has 1 amide bonds. The van der Waals surface area contributed by atoms with Crippen molar-refractivity contribution in [1.29, 1.82) is 0 Å².